The first kappa shape index (κ1) is 19.1. The molecule has 0 saturated heterocycles. The first-order valence-corrected chi connectivity index (χ1v) is 9.73. The normalized spacial score (nSPS) is 16.8. The summed E-state index contributed by atoms with van der Waals surface area (Å²) < 4.78 is 17.3. The molecule has 3 atom stereocenters. The Balaban J connectivity index is 2.15. The van der Waals surface area contributed by atoms with E-state index in [4.69, 9.17) is 31.3 Å². The lowest BCUT2D eigenvalue weighted by atomic mass is 10.3. The summed E-state index contributed by atoms with van der Waals surface area (Å²) in [5.74, 6) is 0.242. The van der Waals surface area contributed by atoms with Gasteiger partial charge in [-0.05, 0) is 18.2 Å². The van der Waals surface area contributed by atoms with Crippen molar-refractivity contribution in [2.24, 2.45) is 0 Å². The van der Waals surface area contributed by atoms with Gasteiger partial charge >= 0.3 is 6.72 Å². The van der Waals surface area contributed by atoms with E-state index < -0.39 is 19.1 Å². The number of nitrogens with zero attached hydrogens (tertiary/aromatic N) is 4. The average molecular weight is 377 g/mol. The van der Waals surface area contributed by atoms with Crippen LogP contribution in [0, 0.1) is 0 Å². The van der Waals surface area contributed by atoms with Gasteiger partial charge in [-0.2, -0.15) is 0 Å². The average Bonchev–Trinajstić information content (AvgIpc) is 3.01. The minimum absolute atomic E-state index is 0.0262. The van der Waals surface area contributed by atoms with E-state index in [2.05, 4.69) is 15.0 Å². The number of rotatable bonds is 9. The van der Waals surface area contributed by atoms with Crippen LogP contribution < -0.4 is 5.73 Å². The van der Waals surface area contributed by atoms with Crippen LogP contribution >= 0.6 is 6.72 Å². The zero-order valence-corrected chi connectivity index (χ0v) is 15.0. The summed E-state index contributed by atoms with van der Waals surface area (Å²) in [6, 6.07) is 0. The molecule has 2 aromatic heterocycles. The number of nitrogen functional groups attached to an aromatic ring is 1. The Bertz CT molecular complexity index is 729. The molecule has 0 aliphatic rings. The minimum Gasteiger partial charge on any atom is -0.392 e. The van der Waals surface area contributed by atoms with E-state index in [1.807, 2.05) is 6.92 Å². The van der Waals surface area contributed by atoms with Crippen molar-refractivity contribution in [3.05, 3.63) is 12.7 Å². The lowest BCUT2D eigenvalue weighted by Gasteiger charge is -2.25. The van der Waals surface area contributed by atoms with Gasteiger partial charge in [-0.25, -0.2) is 15.0 Å². The molecule has 0 aliphatic carbocycles. The highest BCUT2D eigenvalue weighted by Gasteiger charge is 2.22. The highest BCUT2D eigenvalue weighted by Crippen LogP contribution is 2.42. The molecule has 4 N–H and O–H groups in total. The topological polar surface area (TPSA) is 138 Å². The molecule has 12 heteroatoms. The SMILES string of the molecule is CCC(COP(O)(=S)OC)OC(CO)n1cnc2c(N)ncnc21. The maximum absolute atomic E-state index is 9.67. The van der Waals surface area contributed by atoms with E-state index in [0.717, 1.165) is 0 Å². The lowest BCUT2D eigenvalue weighted by molar-refractivity contribution is -0.0934. The number of ether oxygens (including phenoxy) is 1. The molecule has 2 rings (SSSR count). The van der Waals surface area contributed by atoms with E-state index >= 15 is 0 Å². The summed E-state index contributed by atoms with van der Waals surface area (Å²) >= 11 is 4.78. The van der Waals surface area contributed by atoms with E-state index in [1.165, 1.54) is 19.8 Å². The zero-order valence-electron chi connectivity index (χ0n) is 13.3. The molecule has 0 amide bonds. The Morgan fingerprint density at radius 1 is 1.42 bits per heavy atom. The second kappa shape index (κ2) is 8.26. The van der Waals surface area contributed by atoms with Gasteiger partial charge in [0.25, 0.3) is 0 Å². The Morgan fingerprint density at radius 2 is 2.17 bits per heavy atom. The number of aliphatic hydroxyl groups is 1. The monoisotopic (exact) mass is 377 g/mol. The van der Waals surface area contributed by atoms with Crippen LogP contribution in [-0.2, 0) is 25.6 Å². The maximum atomic E-state index is 9.67. The van der Waals surface area contributed by atoms with Gasteiger partial charge in [0.05, 0.1) is 25.6 Å². The van der Waals surface area contributed by atoms with Crippen molar-refractivity contribution in [2.45, 2.75) is 25.7 Å². The minimum atomic E-state index is -3.26. The van der Waals surface area contributed by atoms with Crippen LogP contribution in [0.15, 0.2) is 12.7 Å². The highest BCUT2D eigenvalue weighted by molar-refractivity contribution is 8.07. The molecular formula is C12H20N5O5PS. The van der Waals surface area contributed by atoms with Crippen LogP contribution in [0.4, 0.5) is 5.82 Å². The van der Waals surface area contributed by atoms with Crippen molar-refractivity contribution < 1.29 is 23.8 Å². The number of imidazole rings is 1. The summed E-state index contributed by atoms with van der Waals surface area (Å²) in [5, 5.41) is 9.67. The van der Waals surface area contributed by atoms with Gasteiger partial charge in [-0.3, -0.25) is 4.57 Å². The van der Waals surface area contributed by atoms with Gasteiger partial charge in [0, 0.05) is 7.11 Å². The van der Waals surface area contributed by atoms with Gasteiger partial charge in [-0.1, -0.05) is 6.92 Å². The van der Waals surface area contributed by atoms with Crippen molar-refractivity contribution in [2.75, 3.05) is 26.1 Å². The van der Waals surface area contributed by atoms with Crippen LogP contribution in [0.25, 0.3) is 11.2 Å². The van der Waals surface area contributed by atoms with Gasteiger partial charge in [-0.15, -0.1) is 0 Å². The number of hydrogen-bond donors (Lipinski definition) is 3. The standard InChI is InChI=1S/C12H20N5O5PS/c1-3-8(5-21-23(19,24)20-2)22-9(4-18)17-7-16-10-11(13)14-6-15-12(10)17/h6-9,18H,3-5H2,1-2H3,(H,19,24)(H2,13,14,15). The Hall–Kier alpha value is -1.20. The first-order chi connectivity index (χ1) is 11.4. The molecule has 0 fully saturated rings. The molecule has 0 bridgehead atoms. The fraction of sp³-hybridized carbons (Fsp3) is 0.583. The smallest absolute Gasteiger partial charge is 0.324 e. The van der Waals surface area contributed by atoms with E-state index in [-0.39, 0.29) is 19.0 Å². The van der Waals surface area contributed by atoms with Crippen molar-refractivity contribution in [1.82, 2.24) is 19.5 Å². The number of aromatic nitrogens is 4. The summed E-state index contributed by atoms with van der Waals surface area (Å²) in [5.41, 5.74) is 6.62. The van der Waals surface area contributed by atoms with Gasteiger partial charge in [0.1, 0.15) is 11.8 Å². The third-order valence-corrected chi connectivity index (χ3v) is 5.01. The molecule has 134 valence electrons. The Kier molecular flexibility index (Phi) is 6.58. The van der Waals surface area contributed by atoms with E-state index in [1.54, 1.807) is 4.57 Å². The molecule has 3 unspecified atom stereocenters. The largest absolute Gasteiger partial charge is 0.392 e. The number of fused-ring (bicyclic) bond motifs is 1. The maximum Gasteiger partial charge on any atom is 0.324 e. The molecule has 2 aromatic rings. The third kappa shape index (κ3) is 4.45. The predicted molar refractivity (Wildman–Crippen MR) is 90.5 cm³/mol. The molecule has 0 saturated carbocycles. The van der Waals surface area contributed by atoms with Crippen molar-refractivity contribution in [1.29, 1.82) is 0 Å². The number of nitrogens with two attached hydrogens (primary N) is 1. The van der Waals surface area contributed by atoms with Crippen LogP contribution in [0.1, 0.15) is 19.6 Å². The molecule has 0 aliphatic heterocycles. The van der Waals surface area contributed by atoms with Gasteiger partial charge in [0.15, 0.2) is 17.7 Å². The Labute approximate surface area is 143 Å². The second-order valence-electron chi connectivity index (χ2n) is 4.83. The summed E-state index contributed by atoms with van der Waals surface area (Å²) in [7, 11) is 1.28. The molecule has 0 spiro atoms. The summed E-state index contributed by atoms with van der Waals surface area (Å²) in [6.07, 6.45) is 2.17. The van der Waals surface area contributed by atoms with Crippen LogP contribution in [-0.4, -0.2) is 55.9 Å². The summed E-state index contributed by atoms with van der Waals surface area (Å²) in [6.45, 7) is -1.68. The van der Waals surface area contributed by atoms with Gasteiger partial charge < -0.3 is 29.5 Å². The fourth-order valence-corrected chi connectivity index (χ4v) is 2.63. The van der Waals surface area contributed by atoms with Crippen molar-refractivity contribution in [3.8, 4) is 0 Å². The quantitative estimate of drug-likeness (QED) is 0.532. The molecule has 10 nitrogen and oxygen atoms in total. The molecular weight excluding hydrogens is 357 g/mol. The van der Waals surface area contributed by atoms with Gasteiger partial charge in [0.2, 0.25) is 0 Å². The van der Waals surface area contributed by atoms with Crippen molar-refractivity contribution >= 4 is 35.5 Å². The predicted octanol–water partition coefficient (Wildman–Crippen LogP) is 0.574. The van der Waals surface area contributed by atoms with Crippen molar-refractivity contribution in [3.63, 3.8) is 0 Å². The number of anilines is 1. The molecule has 0 radical (unpaired) electrons. The summed E-state index contributed by atoms with van der Waals surface area (Å²) in [4.78, 5) is 21.8. The third-order valence-electron chi connectivity index (χ3n) is 3.31. The Morgan fingerprint density at radius 3 is 2.79 bits per heavy atom. The second-order valence-corrected chi connectivity index (χ2v) is 7.78. The molecule has 0 aromatic carbocycles. The highest BCUT2D eigenvalue weighted by atomic mass is 32.5. The molecule has 24 heavy (non-hydrogen) atoms. The first-order valence-electron chi connectivity index (χ1n) is 7.14. The van der Waals surface area contributed by atoms with E-state index in [9.17, 15) is 10.00 Å². The van der Waals surface area contributed by atoms with Crippen LogP contribution in [0.5, 0.6) is 0 Å². The van der Waals surface area contributed by atoms with Crippen LogP contribution in [0.3, 0.4) is 0 Å². The number of aliphatic hydroxyl groups excluding tert-OH is 1. The van der Waals surface area contributed by atoms with E-state index in [0.29, 0.717) is 17.6 Å². The lowest BCUT2D eigenvalue weighted by Crippen LogP contribution is -2.26. The van der Waals surface area contributed by atoms with Crippen LogP contribution in [0.2, 0.25) is 0 Å². The molecule has 2 heterocycles. The fourth-order valence-electron chi connectivity index (χ4n) is 1.98. The zero-order chi connectivity index (χ0) is 17.7. The number of hydrogen-bond acceptors (Lipinski definition) is 9.